The molecule has 0 aromatic carbocycles. The molecule has 21 heavy (non-hydrogen) atoms. The first-order valence-electron chi connectivity index (χ1n) is 7.70. The van der Waals surface area contributed by atoms with Gasteiger partial charge in [0.05, 0.1) is 6.61 Å². The van der Waals surface area contributed by atoms with E-state index >= 15 is 0 Å². The van der Waals surface area contributed by atoms with Gasteiger partial charge in [-0.1, -0.05) is 13.8 Å². The summed E-state index contributed by atoms with van der Waals surface area (Å²) in [5.41, 5.74) is 0. The van der Waals surface area contributed by atoms with Crippen LogP contribution in [0.3, 0.4) is 0 Å². The molecule has 1 saturated heterocycles. The van der Waals surface area contributed by atoms with Crippen molar-refractivity contribution in [2.24, 2.45) is 16.8 Å². The van der Waals surface area contributed by atoms with Crippen LogP contribution in [0.25, 0.3) is 0 Å². The largest absolute Gasteiger partial charge is 0.381 e. The van der Waals surface area contributed by atoms with Crippen LogP contribution < -0.4 is 5.32 Å². The number of aliphatic imine (C=N–C) groups is 1. The molecule has 0 saturated carbocycles. The Balaban J connectivity index is 0.00000400. The van der Waals surface area contributed by atoms with Gasteiger partial charge in [-0.2, -0.15) is 0 Å². The highest BCUT2D eigenvalue weighted by Gasteiger charge is 2.18. The summed E-state index contributed by atoms with van der Waals surface area (Å²) in [4.78, 5) is 6.51. The van der Waals surface area contributed by atoms with Crippen LogP contribution in [0.1, 0.15) is 26.7 Å². The van der Waals surface area contributed by atoms with Crippen LogP contribution in [0.5, 0.6) is 0 Å². The molecule has 1 rings (SSSR count). The predicted molar refractivity (Wildman–Crippen MR) is 98.6 cm³/mol. The maximum Gasteiger partial charge on any atom is 0.193 e. The van der Waals surface area contributed by atoms with Crippen molar-refractivity contribution in [2.75, 3.05) is 53.6 Å². The van der Waals surface area contributed by atoms with Gasteiger partial charge in [0.25, 0.3) is 0 Å². The molecule has 0 amide bonds. The number of nitrogens with one attached hydrogen (secondary N) is 1. The molecule has 0 spiro atoms. The fourth-order valence-electron chi connectivity index (χ4n) is 2.28. The highest BCUT2D eigenvalue weighted by Crippen LogP contribution is 2.13. The Kier molecular flexibility index (Phi) is 12.4. The Morgan fingerprint density at radius 3 is 2.81 bits per heavy atom. The Morgan fingerprint density at radius 1 is 1.48 bits per heavy atom. The summed E-state index contributed by atoms with van der Waals surface area (Å²) >= 11 is 0. The molecule has 6 heteroatoms. The van der Waals surface area contributed by atoms with Crippen LogP contribution >= 0.6 is 24.0 Å². The second kappa shape index (κ2) is 12.5. The van der Waals surface area contributed by atoms with E-state index in [0.29, 0.717) is 11.8 Å². The molecule has 0 radical (unpaired) electrons. The van der Waals surface area contributed by atoms with Gasteiger partial charge in [0.15, 0.2) is 5.96 Å². The second-order valence-corrected chi connectivity index (χ2v) is 5.91. The molecule has 126 valence electrons. The minimum Gasteiger partial charge on any atom is -0.381 e. The smallest absolute Gasteiger partial charge is 0.193 e. The molecule has 0 bridgehead atoms. The Morgan fingerprint density at radius 2 is 2.24 bits per heavy atom. The minimum absolute atomic E-state index is 0. The third kappa shape index (κ3) is 9.52. The maximum atomic E-state index is 5.57. The van der Waals surface area contributed by atoms with Crippen molar-refractivity contribution in [3.05, 3.63) is 0 Å². The lowest BCUT2D eigenvalue weighted by Crippen LogP contribution is -2.42. The predicted octanol–water partition coefficient (Wildman–Crippen LogP) is 2.21. The number of guanidine groups is 1. The third-order valence-corrected chi connectivity index (χ3v) is 3.33. The fourth-order valence-corrected chi connectivity index (χ4v) is 2.28. The van der Waals surface area contributed by atoms with Gasteiger partial charge in [0, 0.05) is 52.9 Å². The van der Waals surface area contributed by atoms with E-state index in [0.717, 1.165) is 58.3 Å². The zero-order valence-electron chi connectivity index (χ0n) is 13.9. The van der Waals surface area contributed by atoms with Crippen LogP contribution in [0.4, 0.5) is 0 Å². The maximum absolute atomic E-state index is 5.57. The SMILES string of the molecule is CN=C(NCCCOCC(C)C)N(C)CC1CCOC1.I. The lowest BCUT2D eigenvalue weighted by atomic mass is 10.1. The zero-order valence-corrected chi connectivity index (χ0v) is 16.3. The van der Waals surface area contributed by atoms with Crippen LogP contribution in [-0.4, -0.2) is 64.5 Å². The number of halogens is 1. The van der Waals surface area contributed by atoms with E-state index in [2.05, 4.69) is 36.1 Å². The molecule has 0 aliphatic carbocycles. The second-order valence-electron chi connectivity index (χ2n) is 5.91. The summed E-state index contributed by atoms with van der Waals surface area (Å²) in [5, 5.41) is 3.39. The van der Waals surface area contributed by atoms with Crippen LogP contribution in [-0.2, 0) is 9.47 Å². The third-order valence-electron chi connectivity index (χ3n) is 3.33. The molecule has 1 heterocycles. The van der Waals surface area contributed by atoms with E-state index in [1.165, 1.54) is 0 Å². The van der Waals surface area contributed by atoms with E-state index in [-0.39, 0.29) is 24.0 Å². The van der Waals surface area contributed by atoms with Crippen LogP contribution in [0.2, 0.25) is 0 Å². The van der Waals surface area contributed by atoms with Crippen molar-refractivity contribution in [3.8, 4) is 0 Å². The first-order chi connectivity index (χ1) is 9.63. The number of ether oxygens (including phenoxy) is 2. The lowest BCUT2D eigenvalue weighted by Gasteiger charge is -2.24. The van der Waals surface area contributed by atoms with Gasteiger partial charge in [-0.15, -0.1) is 24.0 Å². The molecule has 5 nitrogen and oxygen atoms in total. The van der Waals surface area contributed by atoms with Crippen molar-refractivity contribution >= 4 is 29.9 Å². The molecule has 0 aromatic rings. The van der Waals surface area contributed by atoms with E-state index in [1.807, 2.05) is 7.05 Å². The van der Waals surface area contributed by atoms with Crippen LogP contribution in [0.15, 0.2) is 4.99 Å². The van der Waals surface area contributed by atoms with Crippen molar-refractivity contribution in [2.45, 2.75) is 26.7 Å². The van der Waals surface area contributed by atoms with Gasteiger partial charge < -0.3 is 19.7 Å². The first kappa shape index (κ1) is 20.9. The summed E-state index contributed by atoms with van der Waals surface area (Å²) in [6, 6.07) is 0. The highest BCUT2D eigenvalue weighted by molar-refractivity contribution is 14.0. The van der Waals surface area contributed by atoms with Crippen LogP contribution in [0, 0.1) is 11.8 Å². The number of hydrogen-bond donors (Lipinski definition) is 1. The average Bonchev–Trinajstić information content (AvgIpc) is 2.90. The molecule has 1 unspecified atom stereocenters. The minimum atomic E-state index is 0. The number of hydrogen-bond acceptors (Lipinski definition) is 3. The van der Waals surface area contributed by atoms with E-state index in [1.54, 1.807) is 0 Å². The molecule has 1 aliphatic rings. The van der Waals surface area contributed by atoms with Gasteiger partial charge in [-0.25, -0.2) is 0 Å². The van der Waals surface area contributed by atoms with Crippen molar-refractivity contribution < 1.29 is 9.47 Å². The molecule has 1 atom stereocenters. The van der Waals surface area contributed by atoms with Gasteiger partial charge in [-0.05, 0) is 18.8 Å². The summed E-state index contributed by atoms with van der Waals surface area (Å²) < 4.78 is 11.0. The number of nitrogens with zero attached hydrogens (tertiary/aromatic N) is 2. The zero-order chi connectivity index (χ0) is 14.8. The summed E-state index contributed by atoms with van der Waals surface area (Å²) in [5.74, 6) is 2.20. The van der Waals surface area contributed by atoms with Crippen molar-refractivity contribution in [1.29, 1.82) is 0 Å². The molecule has 0 aromatic heterocycles. The molecular weight excluding hydrogens is 381 g/mol. The van der Waals surface area contributed by atoms with E-state index < -0.39 is 0 Å². The highest BCUT2D eigenvalue weighted by atomic mass is 127. The topological polar surface area (TPSA) is 46.1 Å². The number of rotatable bonds is 8. The van der Waals surface area contributed by atoms with E-state index in [9.17, 15) is 0 Å². The van der Waals surface area contributed by atoms with Gasteiger partial charge in [0.1, 0.15) is 0 Å². The standard InChI is InChI=1S/C15H31N3O2.HI/c1-13(2)11-19-8-5-7-17-15(16-3)18(4)10-14-6-9-20-12-14;/h13-14H,5-12H2,1-4H3,(H,16,17);1H. The first-order valence-corrected chi connectivity index (χ1v) is 7.70. The fraction of sp³-hybridized carbons (Fsp3) is 0.933. The Hall–Kier alpha value is -0.0800. The van der Waals surface area contributed by atoms with Crippen molar-refractivity contribution in [1.82, 2.24) is 10.2 Å². The van der Waals surface area contributed by atoms with Gasteiger partial charge >= 0.3 is 0 Å². The summed E-state index contributed by atoms with van der Waals surface area (Å²) in [6.45, 7) is 9.67. The molecule has 1 N–H and O–H groups in total. The summed E-state index contributed by atoms with van der Waals surface area (Å²) in [6.07, 6.45) is 2.16. The van der Waals surface area contributed by atoms with E-state index in [4.69, 9.17) is 9.47 Å². The monoisotopic (exact) mass is 413 g/mol. The quantitative estimate of drug-likeness (QED) is 0.287. The average molecular weight is 413 g/mol. The Bertz CT molecular complexity index is 282. The summed E-state index contributed by atoms with van der Waals surface area (Å²) in [7, 11) is 3.92. The normalized spacial score (nSPS) is 18.7. The Labute approximate surface area is 146 Å². The molecule has 1 fully saturated rings. The molecule has 1 aliphatic heterocycles. The lowest BCUT2D eigenvalue weighted by molar-refractivity contribution is 0.108. The van der Waals surface area contributed by atoms with Crippen molar-refractivity contribution in [3.63, 3.8) is 0 Å². The van der Waals surface area contributed by atoms with Gasteiger partial charge in [-0.3, -0.25) is 4.99 Å². The molecular formula is C15H32IN3O2. The van der Waals surface area contributed by atoms with Gasteiger partial charge in [0.2, 0.25) is 0 Å².